The van der Waals surface area contributed by atoms with Gasteiger partial charge in [0.2, 0.25) is 0 Å². The number of methoxy groups -OCH3 is 1. The summed E-state index contributed by atoms with van der Waals surface area (Å²) in [4.78, 5) is 29.2. The quantitative estimate of drug-likeness (QED) is 0.318. The van der Waals surface area contributed by atoms with Gasteiger partial charge in [-0.2, -0.15) is 0 Å². The molecule has 188 valence electrons. The highest BCUT2D eigenvalue weighted by Gasteiger charge is 2.36. The number of hydrogen-bond acceptors (Lipinski definition) is 4. The number of anilines is 1. The molecule has 0 bridgehead atoms. The number of benzene rings is 2. The highest BCUT2D eigenvalue weighted by Crippen LogP contribution is 2.44. The molecule has 0 saturated carbocycles. The van der Waals surface area contributed by atoms with E-state index in [0.717, 1.165) is 35.5 Å². The molecule has 4 aromatic rings. The summed E-state index contributed by atoms with van der Waals surface area (Å²) in [5, 5.41) is 4.11. The minimum Gasteiger partial charge on any atom is -0.465 e. The number of carbonyl (C=O) groups excluding carboxylic acids is 2. The first-order chi connectivity index (χ1) is 18.0. The summed E-state index contributed by atoms with van der Waals surface area (Å²) < 4.78 is 21.4. The molecule has 2 aromatic heterocycles. The third kappa shape index (κ3) is 4.21. The first-order valence-corrected chi connectivity index (χ1v) is 13.2. The molecule has 3 heterocycles. The topological polar surface area (TPSA) is 63.6 Å². The van der Waals surface area contributed by atoms with Crippen LogP contribution in [-0.4, -0.2) is 28.6 Å². The SMILES string of the molecule is COC(=O)c1cccc(NC(=O)N2Cc3c(sc4c3CCCC4)-n3cccc3C2c2cccc(F)c2)c1. The predicted octanol–water partition coefficient (Wildman–Crippen LogP) is 6.48. The van der Waals surface area contributed by atoms with Crippen molar-refractivity contribution in [2.24, 2.45) is 0 Å². The molecule has 2 aliphatic rings. The fourth-order valence-corrected chi connectivity index (χ4v) is 6.85. The molecule has 1 atom stereocenters. The van der Waals surface area contributed by atoms with Gasteiger partial charge in [-0.05, 0) is 79.3 Å². The Kier molecular flexibility index (Phi) is 6.04. The second-order valence-electron chi connectivity index (χ2n) is 9.39. The van der Waals surface area contributed by atoms with Crippen molar-refractivity contribution in [2.75, 3.05) is 12.4 Å². The number of esters is 1. The van der Waals surface area contributed by atoms with Gasteiger partial charge in [0, 0.05) is 22.3 Å². The van der Waals surface area contributed by atoms with E-state index in [4.69, 9.17) is 4.74 Å². The summed E-state index contributed by atoms with van der Waals surface area (Å²) >= 11 is 1.80. The maximum Gasteiger partial charge on any atom is 0.337 e. The zero-order valence-electron chi connectivity index (χ0n) is 20.4. The third-order valence-electron chi connectivity index (χ3n) is 7.14. The maximum atomic E-state index is 14.4. The van der Waals surface area contributed by atoms with Crippen molar-refractivity contribution in [1.82, 2.24) is 9.47 Å². The Morgan fingerprint density at radius 3 is 2.70 bits per heavy atom. The number of aryl methyl sites for hydroxylation is 1. The molecule has 37 heavy (non-hydrogen) atoms. The first kappa shape index (κ1) is 23.5. The number of nitrogens with zero attached hydrogens (tertiary/aromatic N) is 2. The number of carbonyl (C=O) groups is 2. The van der Waals surface area contributed by atoms with Crippen LogP contribution in [0.2, 0.25) is 0 Å². The molecule has 8 heteroatoms. The van der Waals surface area contributed by atoms with Gasteiger partial charge in [-0.3, -0.25) is 0 Å². The lowest BCUT2D eigenvalue weighted by molar-refractivity contribution is 0.0600. The van der Waals surface area contributed by atoms with Crippen molar-refractivity contribution < 1.29 is 18.7 Å². The van der Waals surface area contributed by atoms with Gasteiger partial charge < -0.3 is 19.5 Å². The molecule has 0 spiro atoms. The molecule has 1 unspecified atom stereocenters. The van der Waals surface area contributed by atoms with Crippen LogP contribution in [0.3, 0.4) is 0 Å². The number of amides is 2. The molecule has 2 aromatic carbocycles. The lowest BCUT2D eigenvalue weighted by Crippen LogP contribution is -2.38. The van der Waals surface area contributed by atoms with Crippen LogP contribution in [-0.2, 0) is 24.1 Å². The van der Waals surface area contributed by atoms with Crippen molar-refractivity contribution in [3.63, 3.8) is 0 Å². The van der Waals surface area contributed by atoms with E-state index in [1.807, 2.05) is 24.4 Å². The number of ether oxygens (including phenoxy) is 1. The number of urea groups is 1. The molecular formula is C29H26FN3O3S. The van der Waals surface area contributed by atoms with Crippen LogP contribution >= 0.6 is 11.3 Å². The third-order valence-corrected chi connectivity index (χ3v) is 8.47. The molecular weight excluding hydrogens is 489 g/mol. The Morgan fingerprint density at radius 2 is 1.86 bits per heavy atom. The summed E-state index contributed by atoms with van der Waals surface area (Å²) in [6, 6.07) is 16.3. The van der Waals surface area contributed by atoms with E-state index in [1.165, 1.54) is 36.1 Å². The van der Waals surface area contributed by atoms with E-state index in [1.54, 1.807) is 46.6 Å². The Labute approximate surface area is 218 Å². The highest BCUT2D eigenvalue weighted by atomic mass is 32.1. The van der Waals surface area contributed by atoms with Gasteiger partial charge in [0.25, 0.3) is 0 Å². The predicted molar refractivity (Wildman–Crippen MR) is 141 cm³/mol. The molecule has 1 N–H and O–H groups in total. The summed E-state index contributed by atoms with van der Waals surface area (Å²) in [5.41, 5.74) is 4.94. The zero-order chi connectivity index (χ0) is 25.5. The minimum atomic E-state index is -0.506. The monoisotopic (exact) mass is 515 g/mol. The number of halogens is 1. The van der Waals surface area contributed by atoms with Crippen molar-refractivity contribution in [2.45, 2.75) is 38.3 Å². The summed E-state index contributed by atoms with van der Waals surface area (Å²) in [5.74, 6) is -0.825. The Bertz CT molecular complexity index is 1510. The van der Waals surface area contributed by atoms with E-state index in [0.29, 0.717) is 23.4 Å². The van der Waals surface area contributed by atoms with E-state index in [9.17, 15) is 14.0 Å². The highest BCUT2D eigenvalue weighted by molar-refractivity contribution is 7.15. The molecule has 6 nitrogen and oxygen atoms in total. The standard InChI is InChI=1S/C29H26FN3O3S/c1-36-28(34)19-8-5-10-21(16-19)31-29(35)33-17-23-22-11-2-3-13-25(22)37-27(23)32-14-6-12-24(32)26(33)18-7-4-9-20(30)15-18/h4-10,12,14-16,26H,2-3,11,13,17H2,1H3,(H,31,35). The van der Waals surface area contributed by atoms with Gasteiger partial charge in [-0.1, -0.05) is 18.2 Å². The molecule has 0 saturated heterocycles. The van der Waals surface area contributed by atoms with Crippen molar-refractivity contribution in [3.05, 3.63) is 106 Å². The van der Waals surface area contributed by atoms with Gasteiger partial charge in [0.15, 0.2) is 0 Å². The summed E-state index contributed by atoms with van der Waals surface area (Å²) in [7, 11) is 1.32. The molecule has 0 fully saturated rings. The van der Waals surface area contributed by atoms with Gasteiger partial charge in [0.1, 0.15) is 10.8 Å². The van der Waals surface area contributed by atoms with Crippen molar-refractivity contribution >= 4 is 29.0 Å². The van der Waals surface area contributed by atoms with E-state index < -0.39 is 12.0 Å². The van der Waals surface area contributed by atoms with Crippen LogP contribution in [0.25, 0.3) is 5.00 Å². The van der Waals surface area contributed by atoms with Crippen LogP contribution < -0.4 is 5.32 Å². The van der Waals surface area contributed by atoms with Gasteiger partial charge in [-0.25, -0.2) is 14.0 Å². The van der Waals surface area contributed by atoms with Crippen LogP contribution in [0, 0.1) is 5.82 Å². The van der Waals surface area contributed by atoms with Crippen LogP contribution in [0.15, 0.2) is 66.9 Å². The largest absolute Gasteiger partial charge is 0.465 e. The van der Waals surface area contributed by atoms with Gasteiger partial charge in [0.05, 0.1) is 31.0 Å². The second kappa shape index (κ2) is 9.52. The Balaban J connectivity index is 1.46. The molecule has 6 rings (SSSR count). The number of aromatic nitrogens is 1. The van der Waals surface area contributed by atoms with Gasteiger partial charge >= 0.3 is 12.0 Å². The fourth-order valence-electron chi connectivity index (χ4n) is 5.45. The first-order valence-electron chi connectivity index (χ1n) is 12.4. The summed E-state index contributed by atoms with van der Waals surface area (Å²) in [6.07, 6.45) is 6.40. The lowest BCUT2D eigenvalue weighted by Gasteiger charge is -2.31. The minimum absolute atomic E-state index is 0.326. The van der Waals surface area contributed by atoms with Crippen LogP contribution in [0.5, 0.6) is 0 Å². The zero-order valence-corrected chi connectivity index (χ0v) is 21.2. The van der Waals surface area contributed by atoms with E-state index in [2.05, 4.69) is 9.88 Å². The number of nitrogens with one attached hydrogen (secondary N) is 1. The van der Waals surface area contributed by atoms with E-state index in [-0.39, 0.29) is 11.8 Å². The number of fused-ring (bicyclic) bond motifs is 5. The molecule has 2 amide bonds. The summed E-state index contributed by atoms with van der Waals surface area (Å²) in [6.45, 7) is 0.395. The molecule has 1 aliphatic carbocycles. The molecule has 1 aliphatic heterocycles. The van der Waals surface area contributed by atoms with Crippen LogP contribution in [0.1, 0.15) is 56.5 Å². The van der Waals surface area contributed by atoms with Crippen molar-refractivity contribution in [3.8, 4) is 5.00 Å². The average Bonchev–Trinajstić information content (AvgIpc) is 3.50. The molecule has 0 radical (unpaired) electrons. The van der Waals surface area contributed by atoms with Gasteiger partial charge in [-0.15, -0.1) is 11.3 Å². The van der Waals surface area contributed by atoms with Crippen molar-refractivity contribution in [1.29, 1.82) is 0 Å². The normalized spacial score (nSPS) is 16.3. The Morgan fingerprint density at radius 1 is 1.03 bits per heavy atom. The number of hydrogen-bond donors (Lipinski definition) is 1. The fraction of sp³-hybridized carbons (Fsp3) is 0.241. The van der Waals surface area contributed by atoms with E-state index >= 15 is 0 Å². The lowest BCUT2D eigenvalue weighted by atomic mass is 9.95. The smallest absolute Gasteiger partial charge is 0.337 e. The average molecular weight is 516 g/mol. The van der Waals surface area contributed by atoms with Crippen LogP contribution in [0.4, 0.5) is 14.9 Å². The number of thiophene rings is 1. The number of rotatable bonds is 3. The maximum absolute atomic E-state index is 14.4. The second-order valence-corrected chi connectivity index (χ2v) is 10.5. The Hall–Kier alpha value is -3.91.